The lowest BCUT2D eigenvalue weighted by Crippen LogP contribution is -2.09. The molecule has 0 unspecified atom stereocenters. The van der Waals surface area contributed by atoms with Crippen LogP contribution in [-0.2, 0) is 16.1 Å². The van der Waals surface area contributed by atoms with E-state index in [-0.39, 0.29) is 5.97 Å². The van der Waals surface area contributed by atoms with Gasteiger partial charge in [0.2, 0.25) is 0 Å². The second-order valence-electron chi connectivity index (χ2n) is 7.83. The summed E-state index contributed by atoms with van der Waals surface area (Å²) in [5.41, 5.74) is 0. The summed E-state index contributed by atoms with van der Waals surface area (Å²) in [5, 5.41) is 0. The number of esters is 1. The third-order valence-electron chi connectivity index (χ3n) is 5.16. The van der Waals surface area contributed by atoms with Crippen molar-refractivity contribution in [1.82, 2.24) is 4.57 Å². The summed E-state index contributed by atoms with van der Waals surface area (Å²) in [6.07, 6.45) is 27.3. The van der Waals surface area contributed by atoms with Crippen molar-refractivity contribution in [3.8, 4) is 0 Å². The maximum absolute atomic E-state index is 11.7. The predicted molar refractivity (Wildman–Crippen MR) is 119 cm³/mol. The molecular formula is C25H43NO2. The molecule has 0 fully saturated rings. The number of rotatable bonds is 19. The normalized spacial score (nSPS) is 11.3. The zero-order valence-electron chi connectivity index (χ0n) is 18.2. The van der Waals surface area contributed by atoms with E-state index in [0.29, 0.717) is 19.6 Å². The molecule has 1 aromatic rings. The molecule has 0 aliphatic carbocycles. The van der Waals surface area contributed by atoms with Gasteiger partial charge in [-0.1, -0.05) is 76.9 Å². The summed E-state index contributed by atoms with van der Waals surface area (Å²) in [6, 6.07) is 3.94. The molecule has 0 aromatic carbocycles. The second kappa shape index (κ2) is 18.8. The first-order chi connectivity index (χ1) is 13.8. The Balaban J connectivity index is 1.75. The molecule has 28 heavy (non-hydrogen) atoms. The Morgan fingerprint density at radius 1 is 0.786 bits per heavy atom. The maximum atomic E-state index is 11.7. The van der Waals surface area contributed by atoms with E-state index in [1.807, 2.05) is 29.1 Å². The van der Waals surface area contributed by atoms with Crippen molar-refractivity contribution >= 4 is 5.97 Å². The van der Waals surface area contributed by atoms with Crippen molar-refractivity contribution in [2.75, 3.05) is 6.61 Å². The first-order valence-electron chi connectivity index (χ1n) is 11.7. The quantitative estimate of drug-likeness (QED) is 0.140. The van der Waals surface area contributed by atoms with Gasteiger partial charge in [0.25, 0.3) is 0 Å². The van der Waals surface area contributed by atoms with E-state index >= 15 is 0 Å². The summed E-state index contributed by atoms with van der Waals surface area (Å²) in [7, 11) is 0. The fraction of sp³-hybridized carbons (Fsp3) is 0.720. The number of nitrogens with zero attached hydrogens (tertiary/aromatic N) is 1. The zero-order chi connectivity index (χ0) is 20.1. The van der Waals surface area contributed by atoms with Crippen molar-refractivity contribution in [3.05, 3.63) is 36.7 Å². The monoisotopic (exact) mass is 389 g/mol. The molecule has 3 nitrogen and oxygen atoms in total. The van der Waals surface area contributed by atoms with Crippen molar-refractivity contribution in [1.29, 1.82) is 0 Å². The van der Waals surface area contributed by atoms with Gasteiger partial charge < -0.3 is 9.30 Å². The molecule has 0 spiro atoms. The van der Waals surface area contributed by atoms with Gasteiger partial charge in [-0.05, 0) is 44.2 Å². The lowest BCUT2D eigenvalue weighted by atomic mass is 10.1. The number of hydrogen-bond acceptors (Lipinski definition) is 2. The average Bonchev–Trinajstić information content (AvgIpc) is 3.22. The van der Waals surface area contributed by atoms with Crippen LogP contribution < -0.4 is 0 Å². The molecule has 0 saturated heterocycles. The van der Waals surface area contributed by atoms with Gasteiger partial charge in [0.05, 0.1) is 13.0 Å². The number of carbonyl (C=O) groups is 1. The molecule has 0 atom stereocenters. The third kappa shape index (κ3) is 15.5. The van der Waals surface area contributed by atoms with Crippen molar-refractivity contribution in [2.24, 2.45) is 0 Å². The number of aryl methyl sites for hydroxylation is 1. The van der Waals surface area contributed by atoms with Crippen LogP contribution in [-0.4, -0.2) is 17.1 Å². The summed E-state index contributed by atoms with van der Waals surface area (Å²) < 4.78 is 7.30. The van der Waals surface area contributed by atoms with Gasteiger partial charge in [-0.25, -0.2) is 0 Å². The Labute approximate surface area is 173 Å². The number of unbranched alkanes of at least 4 members (excludes halogenated alkanes) is 12. The van der Waals surface area contributed by atoms with E-state index < -0.39 is 0 Å². The Morgan fingerprint density at radius 2 is 1.32 bits per heavy atom. The Morgan fingerprint density at radius 3 is 1.93 bits per heavy atom. The van der Waals surface area contributed by atoms with Gasteiger partial charge >= 0.3 is 5.97 Å². The molecule has 0 aliphatic rings. The van der Waals surface area contributed by atoms with E-state index in [4.69, 9.17) is 4.74 Å². The Kier molecular flexibility index (Phi) is 16.5. The Bertz CT molecular complexity index is 479. The molecule has 1 heterocycles. The van der Waals surface area contributed by atoms with Crippen LogP contribution in [0.2, 0.25) is 0 Å². The van der Waals surface area contributed by atoms with E-state index in [0.717, 1.165) is 6.42 Å². The standard InChI is InChI=1S/C25H43NO2/c1-2-3-4-5-6-7-8-9-10-11-12-13-14-15-16-19-24-28-25(27)20-23-26-21-17-18-22-26/h9-10,17-18,21-22H,2-8,11-16,19-20,23-24H2,1H3/b10-9-. The lowest BCUT2D eigenvalue weighted by molar-refractivity contribution is -0.144. The van der Waals surface area contributed by atoms with Crippen LogP contribution in [0.5, 0.6) is 0 Å². The summed E-state index contributed by atoms with van der Waals surface area (Å²) in [4.78, 5) is 11.7. The van der Waals surface area contributed by atoms with Crippen LogP contribution >= 0.6 is 0 Å². The van der Waals surface area contributed by atoms with E-state index in [2.05, 4.69) is 19.1 Å². The first-order valence-corrected chi connectivity index (χ1v) is 11.7. The van der Waals surface area contributed by atoms with E-state index in [1.165, 1.54) is 83.5 Å². The number of ether oxygens (including phenoxy) is 1. The predicted octanol–water partition coefficient (Wildman–Crippen LogP) is 7.46. The van der Waals surface area contributed by atoms with Crippen molar-refractivity contribution in [3.63, 3.8) is 0 Å². The molecule has 0 aliphatic heterocycles. The van der Waals surface area contributed by atoms with Crippen LogP contribution in [0.15, 0.2) is 36.7 Å². The summed E-state index contributed by atoms with van der Waals surface area (Å²) >= 11 is 0. The van der Waals surface area contributed by atoms with Crippen LogP contribution in [0.25, 0.3) is 0 Å². The smallest absolute Gasteiger partial charge is 0.307 e. The largest absolute Gasteiger partial charge is 0.466 e. The number of carbonyl (C=O) groups excluding carboxylic acids is 1. The number of hydrogen-bond donors (Lipinski definition) is 0. The fourth-order valence-electron chi connectivity index (χ4n) is 3.35. The Hall–Kier alpha value is -1.51. The molecule has 0 radical (unpaired) electrons. The molecule has 1 rings (SSSR count). The number of aromatic nitrogens is 1. The summed E-state index contributed by atoms with van der Waals surface area (Å²) in [5.74, 6) is -0.0820. The highest BCUT2D eigenvalue weighted by Gasteiger charge is 2.02. The maximum Gasteiger partial charge on any atom is 0.307 e. The zero-order valence-corrected chi connectivity index (χ0v) is 18.2. The minimum absolute atomic E-state index is 0.0820. The first kappa shape index (κ1) is 24.5. The van der Waals surface area contributed by atoms with Gasteiger partial charge in [-0.2, -0.15) is 0 Å². The summed E-state index contributed by atoms with van der Waals surface area (Å²) in [6.45, 7) is 3.55. The molecule has 0 amide bonds. The molecule has 160 valence electrons. The van der Waals surface area contributed by atoms with Crippen molar-refractivity contribution in [2.45, 2.75) is 110 Å². The van der Waals surface area contributed by atoms with Crippen LogP contribution in [0.3, 0.4) is 0 Å². The van der Waals surface area contributed by atoms with Gasteiger partial charge in [0, 0.05) is 18.9 Å². The van der Waals surface area contributed by atoms with Crippen LogP contribution in [0, 0.1) is 0 Å². The molecule has 0 N–H and O–H groups in total. The van der Waals surface area contributed by atoms with Gasteiger partial charge in [0.15, 0.2) is 0 Å². The van der Waals surface area contributed by atoms with Crippen molar-refractivity contribution < 1.29 is 9.53 Å². The lowest BCUT2D eigenvalue weighted by Gasteiger charge is -2.05. The minimum Gasteiger partial charge on any atom is -0.466 e. The molecule has 3 heteroatoms. The molecule has 1 aromatic heterocycles. The second-order valence-corrected chi connectivity index (χ2v) is 7.83. The average molecular weight is 390 g/mol. The molecule has 0 bridgehead atoms. The topological polar surface area (TPSA) is 31.2 Å². The van der Waals surface area contributed by atoms with Crippen LogP contribution in [0.1, 0.15) is 103 Å². The highest BCUT2D eigenvalue weighted by molar-refractivity contribution is 5.69. The van der Waals surface area contributed by atoms with Gasteiger partial charge in [-0.15, -0.1) is 0 Å². The van der Waals surface area contributed by atoms with Gasteiger partial charge in [0.1, 0.15) is 0 Å². The number of allylic oxidation sites excluding steroid dienone is 2. The van der Waals surface area contributed by atoms with E-state index in [9.17, 15) is 4.79 Å². The van der Waals surface area contributed by atoms with Gasteiger partial charge in [-0.3, -0.25) is 4.79 Å². The highest BCUT2D eigenvalue weighted by atomic mass is 16.5. The minimum atomic E-state index is -0.0820. The highest BCUT2D eigenvalue weighted by Crippen LogP contribution is 2.10. The van der Waals surface area contributed by atoms with E-state index in [1.54, 1.807) is 0 Å². The van der Waals surface area contributed by atoms with Crippen LogP contribution in [0.4, 0.5) is 0 Å². The molecular weight excluding hydrogens is 346 g/mol. The SMILES string of the molecule is CCCCCCCC/C=C\CCCCCCCCOC(=O)CCn1cccc1. The fourth-order valence-corrected chi connectivity index (χ4v) is 3.35. The third-order valence-corrected chi connectivity index (χ3v) is 5.16. The molecule has 0 saturated carbocycles.